The van der Waals surface area contributed by atoms with E-state index in [1.165, 1.54) is 32.1 Å². The van der Waals surface area contributed by atoms with Crippen LogP contribution in [0.3, 0.4) is 0 Å². The third kappa shape index (κ3) is 4.30. The van der Waals surface area contributed by atoms with E-state index in [1.54, 1.807) is 0 Å². The van der Waals surface area contributed by atoms with Crippen molar-refractivity contribution in [3.8, 4) is 0 Å². The lowest BCUT2D eigenvalue weighted by Crippen LogP contribution is -2.12. The van der Waals surface area contributed by atoms with E-state index >= 15 is 0 Å². The molecule has 0 heterocycles. The van der Waals surface area contributed by atoms with Crippen molar-refractivity contribution in [3.05, 3.63) is 0 Å². The molecule has 0 aromatic rings. The topological polar surface area (TPSA) is 37.0 Å². The van der Waals surface area contributed by atoms with Crippen LogP contribution < -0.4 is 0 Å². The van der Waals surface area contributed by atoms with E-state index in [0.29, 0.717) is 0 Å². The van der Waals surface area contributed by atoms with Crippen LogP contribution in [0.1, 0.15) is 57.8 Å². The SMILES string of the molecule is [O]C(=O)C1CCCCCCCCC1. The van der Waals surface area contributed by atoms with Crippen LogP contribution >= 0.6 is 0 Å². The zero-order valence-electron chi connectivity index (χ0n) is 8.26. The zero-order valence-corrected chi connectivity index (χ0v) is 8.26. The van der Waals surface area contributed by atoms with Crippen molar-refractivity contribution in [2.24, 2.45) is 5.92 Å². The van der Waals surface area contributed by atoms with Crippen LogP contribution in [0.25, 0.3) is 0 Å². The summed E-state index contributed by atoms with van der Waals surface area (Å²) >= 11 is 0. The first-order valence-corrected chi connectivity index (χ1v) is 5.51. The second kappa shape index (κ2) is 6.01. The highest BCUT2D eigenvalue weighted by Gasteiger charge is 2.18. The Morgan fingerprint density at radius 3 is 1.54 bits per heavy atom. The van der Waals surface area contributed by atoms with Gasteiger partial charge in [0.15, 0.2) is 0 Å². The van der Waals surface area contributed by atoms with Crippen LogP contribution in [0.15, 0.2) is 0 Å². The molecular weight excluding hydrogens is 164 g/mol. The number of rotatable bonds is 1. The summed E-state index contributed by atoms with van der Waals surface area (Å²) in [6.45, 7) is 0. The monoisotopic (exact) mass is 183 g/mol. The maximum Gasteiger partial charge on any atom is 0.358 e. The molecule has 0 aliphatic heterocycles. The van der Waals surface area contributed by atoms with Gasteiger partial charge in [-0.2, -0.15) is 0 Å². The summed E-state index contributed by atoms with van der Waals surface area (Å²) in [6.07, 6.45) is 10.1. The molecule has 2 nitrogen and oxygen atoms in total. The first kappa shape index (κ1) is 10.6. The number of hydrogen-bond donors (Lipinski definition) is 0. The molecule has 1 fully saturated rings. The molecule has 0 atom stereocenters. The third-order valence-electron chi connectivity index (χ3n) is 2.94. The Bertz CT molecular complexity index is 144. The summed E-state index contributed by atoms with van der Waals surface area (Å²) in [5.41, 5.74) is 0. The van der Waals surface area contributed by atoms with Gasteiger partial charge in [-0.05, 0) is 12.8 Å². The molecule has 0 aromatic heterocycles. The van der Waals surface area contributed by atoms with E-state index in [1.807, 2.05) is 0 Å². The van der Waals surface area contributed by atoms with Gasteiger partial charge in [0.05, 0.1) is 5.92 Å². The Morgan fingerprint density at radius 2 is 1.15 bits per heavy atom. The molecule has 1 aliphatic rings. The van der Waals surface area contributed by atoms with Gasteiger partial charge in [-0.3, -0.25) is 0 Å². The quantitative estimate of drug-likeness (QED) is 0.615. The molecule has 0 saturated heterocycles. The predicted octanol–water partition coefficient (Wildman–Crippen LogP) is 3.08. The molecule has 0 unspecified atom stereocenters. The van der Waals surface area contributed by atoms with Crippen molar-refractivity contribution in [2.75, 3.05) is 0 Å². The molecule has 1 radical (unpaired) electrons. The summed E-state index contributed by atoms with van der Waals surface area (Å²) in [5, 5.41) is 10.7. The molecule has 1 aliphatic carbocycles. The molecule has 2 heteroatoms. The van der Waals surface area contributed by atoms with E-state index in [9.17, 15) is 9.90 Å². The molecular formula is C11H19O2. The van der Waals surface area contributed by atoms with Crippen LogP contribution in [-0.2, 0) is 9.90 Å². The van der Waals surface area contributed by atoms with E-state index in [4.69, 9.17) is 0 Å². The second-order valence-corrected chi connectivity index (χ2v) is 4.07. The lowest BCUT2D eigenvalue weighted by Gasteiger charge is -2.12. The highest BCUT2D eigenvalue weighted by Crippen LogP contribution is 2.21. The van der Waals surface area contributed by atoms with Crippen LogP contribution in [-0.4, -0.2) is 5.97 Å². The van der Waals surface area contributed by atoms with Crippen molar-refractivity contribution in [1.29, 1.82) is 0 Å². The van der Waals surface area contributed by atoms with Gasteiger partial charge in [-0.25, -0.2) is 9.90 Å². The van der Waals surface area contributed by atoms with Crippen LogP contribution in [0.2, 0.25) is 0 Å². The lowest BCUT2D eigenvalue weighted by molar-refractivity contribution is -0.148. The van der Waals surface area contributed by atoms with Crippen LogP contribution in [0.5, 0.6) is 0 Å². The molecule has 0 aromatic carbocycles. The molecule has 0 amide bonds. The zero-order chi connectivity index (χ0) is 9.52. The molecule has 13 heavy (non-hydrogen) atoms. The highest BCUT2D eigenvalue weighted by atomic mass is 16.4. The van der Waals surface area contributed by atoms with Crippen molar-refractivity contribution in [1.82, 2.24) is 0 Å². The Balaban J connectivity index is 2.30. The minimum Gasteiger partial charge on any atom is -0.247 e. The molecule has 0 bridgehead atoms. The minimum absolute atomic E-state index is 0.168. The third-order valence-corrected chi connectivity index (χ3v) is 2.94. The van der Waals surface area contributed by atoms with Crippen molar-refractivity contribution in [3.63, 3.8) is 0 Å². The van der Waals surface area contributed by atoms with Crippen molar-refractivity contribution in [2.45, 2.75) is 57.8 Å². The smallest absolute Gasteiger partial charge is 0.247 e. The van der Waals surface area contributed by atoms with Gasteiger partial charge < -0.3 is 0 Å². The van der Waals surface area contributed by atoms with Gasteiger partial charge in [-0.15, -0.1) is 0 Å². The fraction of sp³-hybridized carbons (Fsp3) is 0.909. The van der Waals surface area contributed by atoms with Crippen molar-refractivity contribution < 1.29 is 9.90 Å². The summed E-state index contributed by atoms with van der Waals surface area (Å²) in [5.74, 6) is -1.00. The van der Waals surface area contributed by atoms with Gasteiger partial charge in [0.2, 0.25) is 0 Å². The van der Waals surface area contributed by atoms with Crippen molar-refractivity contribution >= 4 is 5.97 Å². The molecule has 75 valence electrons. The standard InChI is InChI=1S/C11H19O2/c12-11(13)10-8-6-4-2-1-3-5-7-9-10/h10H,1-9H2. The number of hydrogen-bond acceptors (Lipinski definition) is 1. The Hall–Kier alpha value is -0.530. The normalized spacial score (nSPS) is 22.5. The number of carbonyl (C=O) groups is 1. The Labute approximate surface area is 80.3 Å². The Kier molecular flexibility index (Phi) is 4.87. The fourth-order valence-electron chi connectivity index (χ4n) is 2.05. The molecule has 0 N–H and O–H groups in total. The molecule has 0 spiro atoms. The van der Waals surface area contributed by atoms with Gasteiger partial charge in [0.1, 0.15) is 0 Å². The fourth-order valence-corrected chi connectivity index (χ4v) is 2.05. The maximum absolute atomic E-state index is 10.7. The van der Waals surface area contributed by atoms with E-state index < -0.39 is 5.97 Å². The van der Waals surface area contributed by atoms with Gasteiger partial charge in [0.25, 0.3) is 0 Å². The number of carbonyl (C=O) groups excluding carboxylic acids is 1. The lowest BCUT2D eigenvalue weighted by atomic mass is 9.92. The molecule has 1 saturated carbocycles. The summed E-state index contributed by atoms with van der Waals surface area (Å²) in [4.78, 5) is 10.7. The van der Waals surface area contributed by atoms with Gasteiger partial charge >= 0.3 is 5.97 Å². The van der Waals surface area contributed by atoms with Gasteiger partial charge in [-0.1, -0.05) is 44.9 Å². The highest BCUT2D eigenvalue weighted by molar-refractivity contribution is 5.69. The average Bonchev–Trinajstić information content (AvgIpc) is 2.14. The van der Waals surface area contributed by atoms with E-state index in [2.05, 4.69) is 0 Å². The maximum atomic E-state index is 10.7. The largest absolute Gasteiger partial charge is 0.358 e. The summed E-state index contributed by atoms with van der Waals surface area (Å²) in [7, 11) is 0. The second-order valence-electron chi connectivity index (χ2n) is 4.07. The first-order chi connectivity index (χ1) is 6.30. The van der Waals surface area contributed by atoms with E-state index in [-0.39, 0.29) is 5.92 Å². The average molecular weight is 183 g/mol. The minimum atomic E-state index is -0.833. The summed E-state index contributed by atoms with van der Waals surface area (Å²) in [6, 6.07) is 0. The van der Waals surface area contributed by atoms with E-state index in [0.717, 1.165) is 25.7 Å². The predicted molar refractivity (Wildman–Crippen MR) is 50.7 cm³/mol. The summed E-state index contributed by atoms with van der Waals surface area (Å²) < 4.78 is 0. The first-order valence-electron chi connectivity index (χ1n) is 5.51. The van der Waals surface area contributed by atoms with Gasteiger partial charge in [0, 0.05) is 0 Å². The van der Waals surface area contributed by atoms with Crippen LogP contribution in [0.4, 0.5) is 0 Å². The Morgan fingerprint density at radius 1 is 0.769 bits per heavy atom. The molecule has 1 rings (SSSR count). The van der Waals surface area contributed by atoms with Crippen LogP contribution in [0, 0.1) is 5.92 Å².